The molecule has 7 nitrogen and oxygen atoms in total. The first-order valence-corrected chi connectivity index (χ1v) is 10.8. The summed E-state index contributed by atoms with van der Waals surface area (Å²) >= 11 is 6.27. The molecule has 0 unspecified atom stereocenters. The molecule has 1 aliphatic heterocycles. The standard InChI is InChI=1S/C22H23ClFN5O2/c1-30-15-4-5-18(16(24)12-15)31-14-7-10-29(11-8-14)22-21(26-13-2-3-13)27-17-6-9-25-20(23)19(17)28-22/h4-6,9,12-14H,2-3,7-8,10-11H2,1H3,(H,26,27). The van der Waals surface area contributed by atoms with E-state index in [2.05, 4.69) is 15.2 Å². The monoisotopic (exact) mass is 443 g/mol. The van der Waals surface area contributed by atoms with Crippen molar-refractivity contribution in [1.29, 1.82) is 0 Å². The predicted octanol–water partition coefficient (Wildman–Crippen LogP) is 4.45. The van der Waals surface area contributed by atoms with Crippen molar-refractivity contribution >= 4 is 34.3 Å². The molecule has 0 bridgehead atoms. The molecule has 3 heterocycles. The number of fused-ring (bicyclic) bond motifs is 1. The normalized spacial score (nSPS) is 17.1. The zero-order valence-corrected chi connectivity index (χ0v) is 17.9. The van der Waals surface area contributed by atoms with Gasteiger partial charge in [0.25, 0.3) is 0 Å². The zero-order chi connectivity index (χ0) is 21.4. The van der Waals surface area contributed by atoms with E-state index in [0.29, 0.717) is 22.5 Å². The number of benzene rings is 1. The van der Waals surface area contributed by atoms with Crippen LogP contribution in [0.25, 0.3) is 11.0 Å². The van der Waals surface area contributed by atoms with Gasteiger partial charge in [-0.2, -0.15) is 0 Å². The summed E-state index contributed by atoms with van der Waals surface area (Å²) in [6.45, 7) is 1.44. The summed E-state index contributed by atoms with van der Waals surface area (Å²) in [7, 11) is 1.51. The number of pyridine rings is 1. The summed E-state index contributed by atoms with van der Waals surface area (Å²) in [5.74, 6) is 1.86. The van der Waals surface area contributed by atoms with E-state index in [1.807, 2.05) is 6.07 Å². The number of hydrogen-bond donors (Lipinski definition) is 1. The molecule has 0 spiro atoms. The SMILES string of the molecule is COc1ccc(OC2CCN(c3nc4c(Cl)nccc4nc3NC3CC3)CC2)c(F)c1. The molecule has 2 fully saturated rings. The summed E-state index contributed by atoms with van der Waals surface area (Å²) in [6, 6.07) is 6.91. The van der Waals surface area contributed by atoms with Crippen LogP contribution in [-0.4, -0.2) is 47.3 Å². The first-order valence-electron chi connectivity index (χ1n) is 10.4. The number of nitrogens with zero attached hydrogens (tertiary/aromatic N) is 4. The van der Waals surface area contributed by atoms with Crippen LogP contribution >= 0.6 is 11.6 Å². The summed E-state index contributed by atoms with van der Waals surface area (Å²) < 4.78 is 25.2. The van der Waals surface area contributed by atoms with Crippen LogP contribution in [0.5, 0.6) is 11.5 Å². The molecular formula is C22H23ClFN5O2. The second-order valence-electron chi connectivity index (χ2n) is 7.88. The average Bonchev–Trinajstić information content (AvgIpc) is 3.60. The number of halogens is 2. The lowest BCUT2D eigenvalue weighted by molar-refractivity contribution is 0.163. The molecule has 0 amide bonds. The van der Waals surface area contributed by atoms with E-state index in [1.165, 1.54) is 13.2 Å². The smallest absolute Gasteiger partial charge is 0.172 e. The molecule has 0 radical (unpaired) electrons. The van der Waals surface area contributed by atoms with E-state index in [0.717, 1.165) is 55.9 Å². The molecule has 0 atom stereocenters. The molecule has 1 aliphatic carbocycles. The van der Waals surface area contributed by atoms with E-state index < -0.39 is 5.82 Å². The van der Waals surface area contributed by atoms with E-state index in [1.54, 1.807) is 18.3 Å². The van der Waals surface area contributed by atoms with Gasteiger partial charge in [-0.05, 0) is 31.0 Å². The van der Waals surface area contributed by atoms with Crippen molar-refractivity contribution in [1.82, 2.24) is 15.0 Å². The highest BCUT2D eigenvalue weighted by Gasteiger charge is 2.28. The van der Waals surface area contributed by atoms with Gasteiger partial charge in [-0.1, -0.05) is 11.6 Å². The fraction of sp³-hybridized carbons (Fsp3) is 0.409. The number of methoxy groups -OCH3 is 1. The van der Waals surface area contributed by atoms with Crippen LogP contribution in [-0.2, 0) is 0 Å². The van der Waals surface area contributed by atoms with Gasteiger partial charge in [0.2, 0.25) is 0 Å². The lowest BCUT2D eigenvalue weighted by Gasteiger charge is -2.33. The Bertz CT molecular complexity index is 1100. The quantitative estimate of drug-likeness (QED) is 0.564. The fourth-order valence-electron chi connectivity index (χ4n) is 3.75. The Hall–Kier alpha value is -2.87. The molecule has 162 valence electrons. The minimum atomic E-state index is -0.416. The van der Waals surface area contributed by atoms with Gasteiger partial charge in [-0.25, -0.2) is 19.3 Å². The molecule has 1 aromatic carbocycles. The lowest BCUT2D eigenvalue weighted by Crippen LogP contribution is -2.39. The maximum Gasteiger partial charge on any atom is 0.172 e. The highest BCUT2D eigenvalue weighted by Crippen LogP contribution is 2.34. The van der Waals surface area contributed by atoms with Gasteiger partial charge < -0.3 is 19.7 Å². The van der Waals surface area contributed by atoms with Crippen LogP contribution in [0.1, 0.15) is 25.7 Å². The summed E-state index contributed by atoms with van der Waals surface area (Å²) in [6.07, 6.45) is 5.34. The largest absolute Gasteiger partial charge is 0.497 e. The van der Waals surface area contributed by atoms with Crippen LogP contribution in [0.2, 0.25) is 5.15 Å². The Morgan fingerprint density at radius 1 is 1.13 bits per heavy atom. The van der Waals surface area contributed by atoms with Gasteiger partial charge >= 0.3 is 0 Å². The second kappa shape index (κ2) is 8.34. The van der Waals surface area contributed by atoms with Crippen LogP contribution in [0, 0.1) is 5.82 Å². The first-order chi connectivity index (χ1) is 15.1. The van der Waals surface area contributed by atoms with Gasteiger partial charge in [-0.15, -0.1) is 0 Å². The van der Waals surface area contributed by atoms with Crippen molar-refractivity contribution in [2.45, 2.75) is 37.8 Å². The number of aromatic nitrogens is 3. The van der Waals surface area contributed by atoms with Crippen molar-refractivity contribution in [3.63, 3.8) is 0 Å². The third kappa shape index (κ3) is 4.30. The minimum absolute atomic E-state index is 0.0716. The van der Waals surface area contributed by atoms with Gasteiger partial charge in [0.05, 0.1) is 12.6 Å². The zero-order valence-electron chi connectivity index (χ0n) is 17.1. The average molecular weight is 444 g/mol. The third-order valence-corrected chi connectivity index (χ3v) is 5.89. The van der Waals surface area contributed by atoms with Crippen molar-refractivity contribution in [2.75, 3.05) is 30.4 Å². The molecule has 1 saturated carbocycles. The molecule has 2 aliphatic rings. The Kier molecular flexibility index (Phi) is 5.40. The second-order valence-corrected chi connectivity index (χ2v) is 8.24. The lowest BCUT2D eigenvalue weighted by atomic mass is 10.1. The molecule has 1 saturated heterocycles. The van der Waals surface area contributed by atoms with E-state index in [9.17, 15) is 4.39 Å². The van der Waals surface area contributed by atoms with Crippen molar-refractivity contribution < 1.29 is 13.9 Å². The van der Waals surface area contributed by atoms with Crippen molar-refractivity contribution in [3.05, 3.63) is 41.4 Å². The van der Waals surface area contributed by atoms with Gasteiger partial charge in [-0.3, -0.25) is 0 Å². The third-order valence-electron chi connectivity index (χ3n) is 5.61. The van der Waals surface area contributed by atoms with Crippen LogP contribution < -0.4 is 19.7 Å². The number of rotatable bonds is 6. The molecule has 2 aromatic heterocycles. The maximum atomic E-state index is 14.2. The highest BCUT2D eigenvalue weighted by atomic mass is 35.5. The van der Waals surface area contributed by atoms with Crippen molar-refractivity contribution in [2.24, 2.45) is 0 Å². The first kappa shape index (κ1) is 20.1. The molecule has 9 heteroatoms. The minimum Gasteiger partial charge on any atom is -0.497 e. The van der Waals surface area contributed by atoms with E-state index >= 15 is 0 Å². The topological polar surface area (TPSA) is 72.4 Å². The number of anilines is 2. The van der Waals surface area contributed by atoms with Crippen LogP contribution in [0.4, 0.5) is 16.0 Å². The number of piperidine rings is 1. The van der Waals surface area contributed by atoms with Gasteiger partial charge in [0, 0.05) is 44.2 Å². The fourth-order valence-corrected chi connectivity index (χ4v) is 3.94. The Morgan fingerprint density at radius 3 is 2.65 bits per heavy atom. The summed E-state index contributed by atoms with van der Waals surface area (Å²) in [5, 5.41) is 3.84. The number of nitrogens with one attached hydrogen (secondary N) is 1. The molecule has 1 N–H and O–H groups in total. The van der Waals surface area contributed by atoms with Crippen molar-refractivity contribution in [3.8, 4) is 11.5 Å². The van der Waals surface area contributed by atoms with E-state index in [4.69, 9.17) is 31.0 Å². The highest BCUT2D eigenvalue weighted by molar-refractivity contribution is 6.33. The Morgan fingerprint density at radius 2 is 1.94 bits per heavy atom. The van der Waals surface area contributed by atoms with Crippen LogP contribution in [0.15, 0.2) is 30.5 Å². The van der Waals surface area contributed by atoms with E-state index in [-0.39, 0.29) is 11.9 Å². The molecular weight excluding hydrogens is 421 g/mol. The van der Waals surface area contributed by atoms with Gasteiger partial charge in [0.15, 0.2) is 28.4 Å². The maximum absolute atomic E-state index is 14.2. The number of ether oxygens (including phenoxy) is 2. The summed E-state index contributed by atoms with van der Waals surface area (Å²) in [5.41, 5.74) is 1.32. The molecule has 3 aromatic rings. The van der Waals surface area contributed by atoms with Crippen LogP contribution in [0.3, 0.4) is 0 Å². The summed E-state index contributed by atoms with van der Waals surface area (Å²) in [4.78, 5) is 15.9. The Balaban J connectivity index is 1.33. The van der Waals surface area contributed by atoms with Gasteiger partial charge in [0.1, 0.15) is 17.4 Å². The Labute approximate surface area is 184 Å². The predicted molar refractivity (Wildman–Crippen MR) is 118 cm³/mol. The molecule has 31 heavy (non-hydrogen) atoms. The molecule has 5 rings (SSSR count). The number of hydrogen-bond acceptors (Lipinski definition) is 7.